The minimum Gasteiger partial charge on any atom is -0.370 e. The molecule has 2 aliphatic rings. The number of nitrogens with zero attached hydrogens (tertiary/aromatic N) is 2. The van der Waals surface area contributed by atoms with E-state index in [4.69, 9.17) is 22.9 Å². The molecule has 1 aromatic carbocycles. The Balaban J connectivity index is 1.73. The Kier molecular flexibility index (Phi) is 16.9. The van der Waals surface area contributed by atoms with E-state index in [1.807, 2.05) is 6.92 Å². The van der Waals surface area contributed by atoms with Crippen LogP contribution in [0.1, 0.15) is 106 Å². The van der Waals surface area contributed by atoms with Gasteiger partial charge in [0.15, 0.2) is 5.96 Å². The lowest BCUT2D eigenvalue weighted by Crippen LogP contribution is -2.56. The van der Waals surface area contributed by atoms with Gasteiger partial charge in [-0.3, -0.25) is 38.7 Å². The molecule has 1 heterocycles. The number of rotatable bonds is 20. The van der Waals surface area contributed by atoms with E-state index >= 15 is 0 Å². The van der Waals surface area contributed by atoms with Crippen LogP contribution in [0.5, 0.6) is 0 Å². The minimum absolute atomic E-state index is 0.0682. The molecule has 2 fully saturated rings. The molecule has 1 aliphatic heterocycles. The van der Waals surface area contributed by atoms with Crippen molar-refractivity contribution >= 4 is 58.6 Å². The summed E-state index contributed by atoms with van der Waals surface area (Å²) in [5.74, 6) is -2.77. The minimum atomic E-state index is -1.06. The average molecular weight is 728 g/mol. The predicted octanol–water partition coefficient (Wildman–Crippen LogP) is 1.98. The molecule has 0 aromatic heterocycles. The van der Waals surface area contributed by atoms with Crippen LogP contribution in [0.4, 0.5) is 4.79 Å². The third kappa shape index (κ3) is 13.0. The molecule has 11 N–H and O–H groups in total. The molecule has 15 nitrogen and oxygen atoms in total. The lowest BCUT2D eigenvalue weighted by molar-refractivity contribution is -0.132. The maximum Gasteiger partial charge on any atom is 0.293 e. The molecule has 1 saturated heterocycles. The molecule has 1 saturated carbocycles. The molecule has 0 bridgehead atoms. The molecule has 16 heteroatoms. The highest BCUT2D eigenvalue weighted by molar-refractivity contribution is 8.18. The van der Waals surface area contributed by atoms with Crippen molar-refractivity contribution in [3.8, 4) is 0 Å². The zero-order chi connectivity index (χ0) is 37.3. The number of nitrogens with one attached hydrogen (secondary N) is 3. The number of primary amides is 1. The Labute approximate surface area is 303 Å². The highest BCUT2D eigenvalue weighted by Gasteiger charge is 2.40. The van der Waals surface area contributed by atoms with Crippen LogP contribution in [0.2, 0.25) is 0 Å². The first-order chi connectivity index (χ1) is 24.4. The summed E-state index contributed by atoms with van der Waals surface area (Å²) >= 11 is 0.916. The van der Waals surface area contributed by atoms with Gasteiger partial charge in [0.05, 0.1) is 4.91 Å². The van der Waals surface area contributed by atoms with Crippen molar-refractivity contribution in [2.24, 2.45) is 27.9 Å². The Morgan fingerprint density at radius 3 is 2.08 bits per heavy atom. The average Bonchev–Trinajstić information content (AvgIpc) is 3.39. The van der Waals surface area contributed by atoms with Crippen molar-refractivity contribution in [1.82, 2.24) is 20.9 Å². The predicted molar refractivity (Wildman–Crippen MR) is 198 cm³/mol. The maximum atomic E-state index is 13.6. The smallest absolute Gasteiger partial charge is 0.293 e. The largest absolute Gasteiger partial charge is 0.370 e. The molecular weight excluding hydrogens is 675 g/mol. The number of nitrogens with two attached hydrogens (primary N) is 4. The number of unbranched alkanes of at least 4 members (excludes halogenated alkanes) is 2. The Bertz CT molecular complexity index is 1440. The first-order valence-electron chi connectivity index (χ1n) is 17.8. The number of hydrogen-bond acceptors (Lipinski definition) is 9. The van der Waals surface area contributed by atoms with Gasteiger partial charge in [-0.25, -0.2) is 0 Å². The van der Waals surface area contributed by atoms with Crippen LogP contribution < -0.4 is 38.9 Å². The van der Waals surface area contributed by atoms with Gasteiger partial charge in [-0.05, 0) is 93.4 Å². The topological polar surface area (TPSA) is 258 Å². The van der Waals surface area contributed by atoms with Gasteiger partial charge in [-0.1, -0.05) is 51.2 Å². The molecule has 0 spiro atoms. The summed E-state index contributed by atoms with van der Waals surface area (Å²) in [6.07, 6.45) is 10.1. The first kappa shape index (κ1) is 41.0. The lowest BCUT2D eigenvalue weighted by atomic mass is 9.94. The van der Waals surface area contributed by atoms with Crippen LogP contribution in [-0.4, -0.2) is 82.9 Å². The van der Waals surface area contributed by atoms with Crippen molar-refractivity contribution < 1.29 is 28.8 Å². The number of aliphatic imine (C=N–C) groups is 1. The number of imide groups is 1. The standard InChI is InChI=1S/C35H53N9O6S/c1-2-3-12-25(29(37)45)41-31(47)26(13-7-8-19-36)43-32(48)27(14-9-20-40-34(38)39)42-30(46)23-17-15-22(16-18-23)21-28-33(49)44(35(50)51-28)24-10-5-4-6-11-24/h15-18,21,24-27H,2-14,19-20,36H2,1H3,(H2,37,45)(H,41,47)(H,42,46)(H,43,48)(H4,38,39,40)/b28-21-/t25-,26-,27-/m0/s1. The fraction of sp³-hybridized carbons (Fsp3) is 0.571. The molecule has 0 radical (unpaired) electrons. The van der Waals surface area contributed by atoms with Gasteiger partial charge in [0.25, 0.3) is 17.1 Å². The molecule has 1 aliphatic carbocycles. The molecule has 3 atom stereocenters. The fourth-order valence-electron chi connectivity index (χ4n) is 6.03. The van der Waals surface area contributed by atoms with Crippen LogP contribution in [-0.2, 0) is 19.2 Å². The molecule has 0 unspecified atom stereocenters. The zero-order valence-corrected chi connectivity index (χ0v) is 30.2. The third-order valence-corrected chi connectivity index (χ3v) is 9.77. The second-order valence-electron chi connectivity index (χ2n) is 12.9. The molecule has 6 amide bonds. The van der Waals surface area contributed by atoms with Gasteiger partial charge in [-0.15, -0.1) is 0 Å². The molecule has 280 valence electrons. The van der Waals surface area contributed by atoms with E-state index < -0.39 is 41.8 Å². The summed E-state index contributed by atoms with van der Waals surface area (Å²) in [6, 6.07) is 3.41. The van der Waals surface area contributed by atoms with Gasteiger partial charge in [0.2, 0.25) is 17.7 Å². The number of guanidine groups is 1. The maximum absolute atomic E-state index is 13.6. The monoisotopic (exact) mass is 727 g/mol. The number of hydrogen-bond donors (Lipinski definition) is 7. The Morgan fingerprint density at radius 2 is 1.47 bits per heavy atom. The lowest BCUT2D eigenvalue weighted by Gasteiger charge is -2.28. The van der Waals surface area contributed by atoms with Crippen molar-refractivity contribution in [2.75, 3.05) is 13.1 Å². The van der Waals surface area contributed by atoms with Crippen LogP contribution >= 0.6 is 11.8 Å². The first-order valence-corrected chi connectivity index (χ1v) is 18.6. The van der Waals surface area contributed by atoms with E-state index in [1.165, 1.54) is 4.90 Å². The summed E-state index contributed by atoms with van der Waals surface area (Å²) in [5, 5.41) is 7.91. The van der Waals surface area contributed by atoms with Gasteiger partial charge in [0.1, 0.15) is 18.1 Å². The third-order valence-electron chi connectivity index (χ3n) is 8.89. The van der Waals surface area contributed by atoms with Crippen LogP contribution in [0.15, 0.2) is 34.2 Å². The van der Waals surface area contributed by atoms with E-state index in [9.17, 15) is 28.8 Å². The van der Waals surface area contributed by atoms with Gasteiger partial charge in [0, 0.05) is 18.2 Å². The highest BCUT2D eigenvalue weighted by Crippen LogP contribution is 2.37. The number of carbonyl (C=O) groups excluding carboxylic acids is 6. The van der Waals surface area contributed by atoms with Gasteiger partial charge >= 0.3 is 0 Å². The number of thioether (sulfide) groups is 1. The number of amides is 6. The van der Waals surface area contributed by atoms with E-state index in [2.05, 4.69) is 20.9 Å². The molecule has 3 rings (SSSR count). The summed E-state index contributed by atoms with van der Waals surface area (Å²) < 4.78 is 0. The normalized spacial score (nSPS) is 17.5. The quantitative estimate of drug-likeness (QED) is 0.0445. The van der Waals surface area contributed by atoms with Gasteiger partial charge < -0.3 is 38.9 Å². The number of carbonyl (C=O) groups is 6. The van der Waals surface area contributed by atoms with E-state index in [0.717, 1.165) is 50.3 Å². The molecule has 1 aromatic rings. The summed E-state index contributed by atoms with van der Waals surface area (Å²) in [4.78, 5) is 83.8. The van der Waals surface area contributed by atoms with Crippen LogP contribution in [0.3, 0.4) is 0 Å². The van der Waals surface area contributed by atoms with Crippen molar-refractivity contribution in [3.05, 3.63) is 40.3 Å². The summed E-state index contributed by atoms with van der Waals surface area (Å²) in [6.45, 7) is 2.56. The van der Waals surface area contributed by atoms with E-state index in [0.29, 0.717) is 49.1 Å². The van der Waals surface area contributed by atoms with E-state index in [1.54, 1.807) is 30.3 Å². The highest BCUT2D eigenvalue weighted by atomic mass is 32.2. The van der Waals surface area contributed by atoms with E-state index in [-0.39, 0.29) is 48.1 Å². The number of benzene rings is 1. The van der Waals surface area contributed by atoms with Gasteiger partial charge in [-0.2, -0.15) is 0 Å². The second-order valence-corrected chi connectivity index (χ2v) is 13.9. The zero-order valence-electron chi connectivity index (χ0n) is 29.4. The Hall–Kier alpha value is -4.44. The Morgan fingerprint density at radius 1 is 0.863 bits per heavy atom. The van der Waals surface area contributed by atoms with Crippen LogP contribution in [0, 0.1) is 0 Å². The molecular formula is C35H53N9O6S. The summed E-state index contributed by atoms with van der Waals surface area (Å²) in [5.41, 5.74) is 22.9. The summed E-state index contributed by atoms with van der Waals surface area (Å²) in [7, 11) is 0. The fourth-order valence-corrected chi connectivity index (χ4v) is 6.93. The van der Waals surface area contributed by atoms with Crippen LogP contribution in [0.25, 0.3) is 6.08 Å². The second kappa shape index (κ2) is 21.0. The SMILES string of the molecule is CCCC[C@H](NC(=O)[C@H](CCCCN)NC(=O)[C@H](CCCN=C(N)N)NC(=O)c1ccc(/C=C2\SC(=O)N(C3CCCCC3)C2=O)cc1)C(N)=O. The van der Waals surface area contributed by atoms with Crippen molar-refractivity contribution in [3.63, 3.8) is 0 Å². The van der Waals surface area contributed by atoms with Crippen molar-refractivity contribution in [1.29, 1.82) is 0 Å². The van der Waals surface area contributed by atoms with Crippen molar-refractivity contribution in [2.45, 2.75) is 115 Å². The molecule has 51 heavy (non-hydrogen) atoms.